The lowest BCUT2D eigenvalue weighted by Gasteiger charge is -2.17. The molecule has 0 aliphatic heterocycles. The molecule has 2 aromatic rings. The smallest absolute Gasteiger partial charge is 0.258 e. The van der Waals surface area contributed by atoms with E-state index in [1.165, 1.54) is 0 Å². The third-order valence-corrected chi connectivity index (χ3v) is 3.66. The zero-order valence-corrected chi connectivity index (χ0v) is 13.5. The second-order valence-corrected chi connectivity index (χ2v) is 5.60. The molecule has 2 aromatic carbocycles. The molecule has 1 N–H and O–H groups in total. The monoisotopic (exact) mass is 347 g/mol. The van der Waals surface area contributed by atoms with Gasteiger partial charge in [0.1, 0.15) is 5.75 Å². The highest BCUT2D eigenvalue weighted by Crippen LogP contribution is 2.19. The summed E-state index contributed by atoms with van der Waals surface area (Å²) >= 11 is 3.41. The Kier molecular flexibility index (Phi) is 5.81. The van der Waals surface area contributed by atoms with Crippen molar-refractivity contribution in [2.45, 2.75) is 19.4 Å². The van der Waals surface area contributed by atoms with Crippen LogP contribution in [-0.4, -0.2) is 12.5 Å². The first kappa shape index (κ1) is 15.6. The van der Waals surface area contributed by atoms with Crippen LogP contribution >= 0.6 is 15.9 Å². The Balaban J connectivity index is 1.89. The van der Waals surface area contributed by atoms with Crippen molar-refractivity contribution in [1.29, 1.82) is 0 Å². The summed E-state index contributed by atoms with van der Waals surface area (Å²) in [6, 6.07) is 17.3. The maximum atomic E-state index is 12.0. The molecule has 0 radical (unpaired) electrons. The van der Waals surface area contributed by atoms with E-state index in [9.17, 15) is 4.79 Å². The first-order chi connectivity index (χ1) is 10.2. The van der Waals surface area contributed by atoms with E-state index in [1.807, 2.05) is 61.5 Å². The van der Waals surface area contributed by atoms with Gasteiger partial charge in [-0.15, -0.1) is 0 Å². The van der Waals surface area contributed by atoms with Crippen LogP contribution in [0.5, 0.6) is 5.75 Å². The highest BCUT2D eigenvalue weighted by molar-refractivity contribution is 9.10. The maximum absolute atomic E-state index is 12.0. The Morgan fingerprint density at radius 2 is 1.81 bits per heavy atom. The Hall–Kier alpha value is -1.81. The minimum absolute atomic E-state index is 0.00460. The molecule has 0 saturated heterocycles. The molecular formula is C17H18BrNO2. The summed E-state index contributed by atoms with van der Waals surface area (Å²) in [6.07, 6.45) is 0.832. The van der Waals surface area contributed by atoms with Crippen molar-refractivity contribution in [3.8, 4) is 5.75 Å². The van der Waals surface area contributed by atoms with Crippen LogP contribution in [0.3, 0.4) is 0 Å². The van der Waals surface area contributed by atoms with Gasteiger partial charge >= 0.3 is 0 Å². The van der Waals surface area contributed by atoms with Crippen LogP contribution in [0.1, 0.15) is 24.9 Å². The molecule has 21 heavy (non-hydrogen) atoms. The largest absolute Gasteiger partial charge is 0.484 e. The normalized spacial score (nSPS) is 11.7. The molecule has 0 aliphatic carbocycles. The first-order valence-electron chi connectivity index (χ1n) is 6.91. The standard InChI is InChI=1S/C17H18BrNO2/c1-2-16(13-8-10-14(18)11-9-13)19-17(20)12-21-15-6-4-3-5-7-15/h3-11,16H,2,12H2,1H3,(H,19,20)/t16-/m0/s1. The van der Waals surface area contributed by atoms with Gasteiger partial charge in [0, 0.05) is 4.47 Å². The van der Waals surface area contributed by atoms with E-state index >= 15 is 0 Å². The van der Waals surface area contributed by atoms with Crippen molar-refractivity contribution in [2.24, 2.45) is 0 Å². The predicted molar refractivity (Wildman–Crippen MR) is 87.3 cm³/mol. The van der Waals surface area contributed by atoms with Crippen molar-refractivity contribution in [1.82, 2.24) is 5.32 Å². The van der Waals surface area contributed by atoms with E-state index in [4.69, 9.17) is 4.74 Å². The second kappa shape index (κ2) is 7.84. The first-order valence-corrected chi connectivity index (χ1v) is 7.71. The number of benzene rings is 2. The van der Waals surface area contributed by atoms with Crippen molar-refractivity contribution in [2.75, 3.05) is 6.61 Å². The van der Waals surface area contributed by atoms with Gasteiger partial charge in [-0.2, -0.15) is 0 Å². The molecule has 0 bridgehead atoms. The number of para-hydroxylation sites is 1. The van der Waals surface area contributed by atoms with Crippen LogP contribution in [0.2, 0.25) is 0 Å². The summed E-state index contributed by atoms with van der Waals surface area (Å²) in [5.41, 5.74) is 1.09. The topological polar surface area (TPSA) is 38.3 Å². The van der Waals surface area contributed by atoms with E-state index in [0.29, 0.717) is 5.75 Å². The molecule has 3 nitrogen and oxygen atoms in total. The van der Waals surface area contributed by atoms with Crippen molar-refractivity contribution in [3.63, 3.8) is 0 Å². The van der Waals surface area contributed by atoms with Gasteiger partial charge in [0.25, 0.3) is 5.91 Å². The lowest BCUT2D eigenvalue weighted by molar-refractivity contribution is -0.123. The quantitative estimate of drug-likeness (QED) is 0.854. The molecule has 2 rings (SSSR count). The molecule has 0 aromatic heterocycles. The average molecular weight is 348 g/mol. The number of halogens is 1. The van der Waals surface area contributed by atoms with Crippen molar-refractivity contribution >= 4 is 21.8 Å². The minimum Gasteiger partial charge on any atom is -0.484 e. The van der Waals surface area contributed by atoms with E-state index < -0.39 is 0 Å². The zero-order valence-electron chi connectivity index (χ0n) is 11.9. The second-order valence-electron chi connectivity index (χ2n) is 4.68. The fraction of sp³-hybridized carbons (Fsp3) is 0.235. The molecule has 0 fully saturated rings. The Morgan fingerprint density at radius 3 is 2.43 bits per heavy atom. The molecule has 1 amide bonds. The summed E-state index contributed by atoms with van der Waals surface area (Å²) in [5, 5.41) is 2.99. The van der Waals surface area contributed by atoms with Gasteiger partial charge in [-0.25, -0.2) is 0 Å². The van der Waals surface area contributed by atoms with Crippen molar-refractivity contribution < 1.29 is 9.53 Å². The van der Waals surface area contributed by atoms with Gasteiger partial charge < -0.3 is 10.1 Å². The summed E-state index contributed by atoms with van der Waals surface area (Å²) in [5.74, 6) is 0.581. The van der Waals surface area contributed by atoms with Gasteiger partial charge in [-0.05, 0) is 36.2 Å². The minimum atomic E-state index is -0.117. The number of amides is 1. The summed E-state index contributed by atoms with van der Waals surface area (Å²) in [7, 11) is 0. The highest BCUT2D eigenvalue weighted by Gasteiger charge is 2.13. The van der Waals surface area contributed by atoms with Gasteiger partial charge in [0.05, 0.1) is 6.04 Å². The molecule has 1 atom stereocenters. The summed E-state index contributed by atoms with van der Waals surface area (Å²) in [4.78, 5) is 12.0. The Morgan fingerprint density at radius 1 is 1.14 bits per heavy atom. The number of hydrogen-bond donors (Lipinski definition) is 1. The third kappa shape index (κ3) is 4.90. The van der Waals surface area contributed by atoms with E-state index in [-0.39, 0.29) is 18.6 Å². The number of hydrogen-bond acceptors (Lipinski definition) is 2. The lowest BCUT2D eigenvalue weighted by Crippen LogP contribution is -2.32. The van der Waals surface area contributed by atoms with Gasteiger partial charge in [-0.3, -0.25) is 4.79 Å². The zero-order chi connectivity index (χ0) is 15.1. The number of carbonyl (C=O) groups excluding carboxylic acids is 1. The number of ether oxygens (including phenoxy) is 1. The fourth-order valence-electron chi connectivity index (χ4n) is 2.02. The van der Waals surface area contributed by atoms with Gasteiger partial charge in [0.15, 0.2) is 6.61 Å². The van der Waals surface area contributed by atoms with Crippen LogP contribution in [-0.2, 0) is 4.79 Å². The molecule has 110 valence electrons. The third-order valence-electron chi connectivity index (χ3n) is 3.13. The Bertz CT molecular complexity index is 569. The van der Waals surface area contributed by atoms with Crippen LogP contribution in [0.25, 0.3) is 0 Å². The van der Waals surface area contributed by atoms with Gasteiger partial charge in [-0.1, -0.05) is 53.2 Å². The van der Waals surface area contributed by atoms with E-state index in [2.05, 4.69) is 21.2 Å². The lowest BCUT2D eigenvalue weighted by atomic mass is 10.0. The van der Waals surface area contributed by atoms with Crippen LogP contribution in [0.15, 0.2) is 59.1 Å². The molecule has 0 heterocycles. The molecule has 0 spiro atoms. The number of nitrogens with one attached hydrogen (secondary N) is 1. The maximum Gasteiger partial charge on any atom is 0.258 e. The van der Waals surface area contributed by atoms with E-state index in [1.54, 1.807) is 0 Å². The van der Waals surface area contributed by atoms with Crippen LogP contribution in [0, 0.1) is 0 Å². The average Bonchev–Trinajstić information content (AvgIpc) is 2.52. The highest BCUT2D eigenvalue weighted by atomic mass is 79.9. The number of carbonyl (C=O) groups is 1. The molecule has 0 unspecified atom stereocenters. The SMILES string of the molecule is CC[C@H](NC(=O)COc1ccccc1)c1ccc(Br)cc1. The molecule has 4 heteroatoms. The molecule has 0 saturated carbocycles. The fourth-order valence-corrected chi connectivity index (χ4v) is 2.28. The van der Waals surface area contributed by atoms with Gasteiger partial charge in [0.2, 0.25) is 0 Å². The van der Waals surface area contributed by atoms with E-state index in [0.717, 1.165) is 16.5 Å². The Labute approximate surface area is 133 Å². The van der Waals surface area contributed by atoms with Crippen LogP contribution < -0.4 is 10.1 Å². The molecule has 0 aliphatic rings. The van der Waals surface area contributed by atoms with Crippen LogP contribution in [0.4, 0.5) is 0 Å². The summed E-state index contributed by atoms with van der Waals surface area (Å²) in [6.45, 7) is 2.07. The number of rotatable bonds is 6. The van der Waals surface area contributed by atoms with Crippen molar-refractivity contribution in [3.05, 3.63) is 64.6 Å². The predicted octanol–water partition coefficient (Wildman–Crippen LogP) is 4.10. The molecular weight excluding hydrogens is 330 g/mol. The summed E-state index contributed by atoms with van der Waals surface area (Å²) < 4.78 is 6.48.